The molecule has 5 nitrogen and oxygen atoms in total. The fraction of sp³-hybridized carbons (Fsp3) is 0.435. The Hall–Kier alpha value is -2.34. The topological polar surface area (TPSA) is 63.7 Å². The zero-order chi connectivity index (χ0) is 20.9. The van der Waals surface area contributed by atoms with E-state index in [1.807, 2.05) is 36.1 Å². The number of carbonyl (C=O) groups excluding carboxylic acids is 1. The highest BCUT2D eigenvalue weighted by atomic mass is 32.2. The van der Waals surface area contributed by atoms with Crippen LogP contribution in [0.4, 0.5) is 0 Å². The van der Waals surface area contributed by atoms with Gasteiger partial charge in [-0.05, 0) is 49.6 Å². The number of benzene rings is 2. The molecule has 0 N–H and O–H groups in total. The Kier molecular flexibility index (Phi) is 6.96. The molecule has 0 saturated carbocycles. The van der Waals surface area contributed by atoms with Crippen LogP contribution in [0.1, 0.15) is 49.3 Å². The van der Waals surface area contributed by atoms with E-state index in [1.54, 1.807) is 31.4 Å². The van der Waals surface area contributed by atoms with Crippen molar-refractivity contribution in [1.29, 1.82) is 0 Å². The second kappa shape index (κ2) is 9.44. The Labute approximate surface area is 173 Å². The lowest BCUT2D eigenvalue weighted by Crippen LogP contribution is -2.35. The Balaban J connectivity index is 1.73. The number of ether oxygens (including phenoxy) is 1. The van der Waals surface area contributed by atoms with Gasteiger partial charge in [-0.3, -0.25) is 4.79 Å². The summed E-state index contributed by atoms with van der Waals surface area (Å²) in [5, 5.41) is 0. The number of aryl methyl sites for hydroxylation is 1. The van der Waals surface area contributed by atoms with Crippen LogP contribution in [-0.2, 0) is 14.6 Å². The molecule has 1 saturated heterocycles. The lowest BCUT2D eigenvalue weighted by Gasteiger charge is -2.30. The molecule has 1 aliphatic rings. The van der Waals surface area contributed by atoms with E-state index in [1.165, 1.54) is 0 Å². The van der Waals surface area contributed by atoms with Crippen LogP contribution in [-0.4, -0.2) is 38.6 Å². The molecule has 0 bridgehead atoms. The number of sulfone groups is 1. The smallest absolute Gasteiger partial charge is 0.224 e. The van der Waals surface area contributed by atoms with Crippen LogP contribution in [0, 0.1) is 6.92 Å². The van der Waals surface area contributed by atoms with Crippen molar-refractivity contribution < 1.29 is 17.9 Å². The first-order valence-electron chi connectivity index (χ1n) is 10.1. The van der Waals surface area contributed by atoms with Crippen LogP contribution < -0.4 is 4.74 Å². The van der Waals surface area contributed by atoms with E-state index in [0.717, 1.165) is 42.6 Å². The van der Waals surface area contributed by atoms with Crippen molar-refractivity contribution in [2.45, 2.75) is 50.0 Å². The summed E-state index contributed by atoms with van der Waals surface area (Å²) in [6, 6.07) is 14.6. The Morgan fingerprint density at radius 1 is 1.03 bits per heavy atom. The number of carbonyl (C=O) groups is 1. The third-order valence-corrected chi connectivity index (χ3v) is 7.27. The molecule has 0 spiro atoms. The highest BCUT2D eigenvalue weighted by Crippen LogP contribution is 2.31. The van der Waals surface area contributed by atoms with Gasteiger partial charge in [-0.25, -0.2) is 8.42 Å². The minimum absolute atomic E-state index is 0.00284. The summed E-state index contributed by atoms with van der Waals surface area (Å²) in [4.78, 5) is 15.2. The van der Waals surface area contributed by atoms with Crippen molar-refractivity contribution in [3.8, 4) is 5.75 Å². The first kappa shape index (κ1) is 21.4. The summed E-state index contributed by atoms with van der Waals surface area (Å²) >= 11 is 0. The van der Waals surface area contributed by atoms with E-state index in [4.69, 9.17) is 4.74 Å². The molecule has 2 aromatic carbocycles. The molecule has 6 heteroatoms. The normalized spacial score (nSPS) is 17.6. The van der Waals surface area contributed by atoms with Crippen molar-refractivity contribution in [2.75, 3.05) is 19.4 Å². The molecule has 156 valence electrons. The number of rotatable bonds is 6. The van der Waals surface area contributed by atoms with E-state index >= 15 is 0 Å². The number of amides is 1. The number of hydrogen-bond acceptors (Lipinski definition) is 4. The lowest BCUT2D eigenvalue weighted by molar-refractivity contribution is -0.133. The molecule has 1 heterocycles. The highest BCUT2D eigenvalue weighted by Gasteiger charge is 2.28. The fourth-order valence-electron chi connectivity index (χ4n) is 3.81. The zero-order valence-corrected chi connectivity index (χ0v) is 18.0. The Morgan fingerprint density at radius 2 is 1.72 bits per heavy atom. The fourth-order valence-corrected chi connectivity index (χ4v) is 5.04. The van der Waals surface area contributed by atoms with Crippen LogP contribution in [0.25, 0.3) is 0 Å². The van der Waals surface area contributed by atoms with E-state index in [2.05, 4.69) is 0 Å². The number of nitrogens with zero attached hydrogens (tertiary/aromatic N) is 1. The van der Waals surface area contributed by atoms with Gasteiger partial charge in [-0.1, -0.05) is 42.7 Å². The maximum absolute atomic E-state index is 13.0. The molecule has 2 aromatic rings. The third-order valence-electron chi connectivity index (χ3n) is 5.54. The van der Waals surface area contributed by atoms with Crippen LogP contribution >= 0.6 is 0 Å². The van der Waals surface area contributed by atoms with Crippen molar-refractivity contribution in [1.82, 2.24) is 4.90 Å². The molecule has 0 radical (unpaired) electrons. The monoisotopic (exact) mass is 415 g/mol. The van der Waals surface area contributed by atoms with E-state index in [-0.39, 0.29) is 29.0 Å². The van der Waals surface area contributed by atoms with E-state index < -0.39 is 9.84 Å². The standard InChI is InChI=1S/C23H29NO4S/c1-18-7-13-21(14-8-18)29(26,27)17-15-23(25)24-16-5-3-4-6-22(24)19-9-11-20(28-2)12-10-19/h7-14,22H,3-6,15-17H2,1-2H3/t22-/m0/s1. The number of hydrogen-bond donors (Lipinski definition) is 0. The highest BCUT2D eigenvalue weighted by molar-refractivity contribution is 7.91. The number of likely N-dealkylation sites (tertiary alicyclic amines) is 1. The second-order valence-electron chi connectivity index (χ2n) is 7.61. The van der Waals surface area contributed by atoms with Crippen LogP contribution in [0.5, 0.6) is 5.75 Å². The molecule has 1 atom stereocenters. The van der Waals surface area contributed by atoms with Crippen LogP contribution in [0.15, 0.2) is 53.4 Å². The molecule has 1 amide bonds. The molecule has 0 aliphatic carbocycles. The van der Waals surface area contributed by atoms with Gasteiger partial charge in [-0.15, -0.1) is 0 Å². The third kappa shape index (κ3) is 5.38. The quantitative estimate of drug-likeness (QED) is 0.705. The van der Waals surface area contributed by atoms with Gasteiger partial charge in [-0.2, -0.15) is 0 Å². The molecule has 3 rings (SSSR count). The van der Waals surface area contributed by atoms with E-state index in [9.17, 15) is 13.2 Å². The summed E-state index contributed by atoms with van der Waals surface area (Å²) in [7, 11) is -1.85. The zero-order valence-electron chi connectivity index (χ0n) is 17.1. The van der Waals surface area contributed by atoms with Crippen molar-refractivity contribution >= 4 is 15.7 Å². The van der Waals surface area contributed by atoms with Gasteiger partial charge in [0.05, 0.1) is 23.8 Å². The average molecular weight is 416 g/mol. The molecule has 0 aromatic heterocycles. The average Bonchev–Trinajstić information content (AvgIpc) is 2.99. The van der Waals surface area contributed by atoms with E-state index in [0.29, 0.717) is 6.54 Å². The predicted octanol–water partition coefficient (Wildman–Crippen LogP) is 4.31. The van der Waals surface area contributed by atoms with Crippen molar-refractivity contribution in [2.24, 2.45) is 0 Å². The molecule has 1 fully saturated rings. The van der Waals surface area contributed by atoms with Gasteiger partial charge in [0.2, 0.25) is 5.91 Å². The Morgan fingerprint density at radius 3 is 2.38 bits per heavy atom. The second-order valence-corrected chi connectivity index (χ2v) is 9.72. The van der Waals surface area contributed by atoms with Gasteiger partial charge in [0, 0.05) is 13.0 Å². The molecule has 29 heavy (non-hydrogen) atoms. The SMILES string of the molecule is COc1ccc([C@@H]2CCCCCN2C(=O)CCS(=O)(=O)c2ccc(C)cc2)cc1. The summed E-state index contributed by atoms with van der Waals surface area (Å²) in [6.07, 6.45) is 3.98. The van der Waals surface area contributed by atoms with Crippen LogP contribution in [0.2, 0.25) is 0 Å². The molecular formula is C23H29NO4S. The van der Waals surface area contributed by atoms with Gasteiger partial charge in [0.15, 0.2) is 9.84 Å². The first-order chi connectivity index (χ1) is 13.9. The molecule has 1 aliphatic heterocycles. The summed E-state index contributed by atoms with van der Waals surface area (Å²) < 4.78 is 30.5. The molecular weight excluding hydrogens is 386 g/mol. The van der Waals surface area contributed by atoms with Gasteiger partial charge in [0.25, 0.3) is 0 Å². The lowest BCUT2D eigenvalue weighted by atomic mass is 10.0. The van der Waals surface area contributed by atoms with Crippen molar-refractivity contribution in [3.05, 3.63) is 59.7 Å². The summed E-state index contributed by atoms with van der Waals surface area (Å²) in [6.45, 7) is 2.58. The largest absolute Gasteiger partial charge is 0.497 e. The van der Waals surface area contributed by atoms with Gasteiger partial charge in [0.1, 0.15) is 5.75 Å². The maximum atomic E-state index is 13.0. The molecule has 0 unspecified atom stereocenters. The van der Waals surface area contributed by atoms with Crippen LogP contribution in [0.3, 0.4) is 0 Å². The minimum atomic E-state index is -3.48. The maximum Gasteiger partial charge on any atom is 0.224 e. The van der Waals surface area contributed by atoms with Gasteiger partial charge < -0.3 is 9.64 Å². The minimum Gasteiger partial charge on any atom is -0.497 e. The number of methoxy groups -OCH3 is 1. The Bertz CT molecular complexity index is 920. The summed E-state index contributed by atoms with van der Waals surface area (Å²) in [5.74, 6) is 0.522. The van der Waals surface area contributed by atoms with Crippen molar-refractivity contribution in [3.63, 3.8) is 0 Å². The first-order valence-corrected chi connectivity index (χ1v) is 11.8. The van der Waals surface area contributed by atoms with Gasteiger partial charge >= 0.3 is 0 Å². The predicted molar refractivity (Wildman–Crippen MR) is 114 cm³/mol. The summed E-state index contributed by atoms with van der Waals surface area (Å²) in [5.41, 5.74) is 2.08.